The Bertz CT molecular complexity index is 289. The lowest BCUT2D eigenvalue weighted by molar-refractivity contribution is -0.120. The molecular formula is C14H27N3O. The molecule has 2 aliphatic rings. The van der Waals surface area contributed by atoms with Crippen molar-refractivity contribution in [2.45, 2.75) is 58.2 Å². The molecule has 0 spiro atoms. The highest BCUT2D eigenvalue weighted by Crippen LogP contribution is 2.33. The van der Waals surface area contributed by atoms with Gasteiger partial charge in [-0.2, -0.15) is 0 Å². The van der Waals surface area contributed by atoms with Crippen LogP contribution in [-0.4, -0.2) is 48.6 Å². The van der Waals surface area contributed by atoms with Gasteiger partial charge in [-0.05, 0) is 32.1 Å². The van der Waals surface area contributed by atoms with Crippen LogP contribution in [0.4, 0.5) is 0 Å². The van der Waals surface area contributed by atoms with E-state index in [1.165, 1.54) is 19.3 Å². The Morgan fingerprint density at radius 1 is 1.39 bits per heavy atom. The fraction of sp³-hybridized carbons (Fsp3) is 0.929. The monoisotopic (exact) mass is 253 g/mol. The second kappa shape index (κ2) is 6.02. The second-order valence-corrected chi connectivity index (χ2v) is 6.29. The lowest BCUT2D eigenvalue weighted by atomic mass is 10.2. The SMILES string of the molecule is CC(C)CNC(=O)CNC1CC(C)N(C2CC2)C1. The van der Waals surface area contributed by atoms with Crippen LogP contribution in [0.5, 0.6) is 0 Å². The summed E-state index contributed by atoms with van der Waals surface area (Å²) in [6.45, 7) is 8.88. The third-order valence-electron chi connectivity index (χ3n) is 3.90. The Morgan fingerprint density at radius 3 is 2.72 bits per heavy atom. The Balaban J connectivity index is 1.63. The Kier molecular flexibility index (Phi) is 4.62. The Hall–Kier alpha value is -0.610. The van der Waals surface area contributed by atoms with Crippen LogP contribution in [0.2, 0.25) is 0 Å². The van der Waals surface area contributed by atoms with Gasteiger partial charge >= 0.3 is 0 Å². The van der Waals surface area contributed by atoms with E-state index >= 15 is 0 Å². The molecule has 1 aliphatic carbocycles. The number of rotatable bonds is 6. The van der Waals surface area contributed by atoms with Crippen LogP contribution in [0, 0.1) is 5.92 Å². The molecule has 0 aromatic heterocycles. The zero-order chi connectivity index (χ0) is 13.1. The van der Waals surface area contributed by atoms with E-state index in [1.807, 2.05) is 0 Å². The highest BCUT2D eigenvalue weighted by Gasteiger charge is 2.38. The number of carbonyl (C=O) groups is 1. The molecule has 104 valence electrons. The maximum absolute atomic E-state index is 11.6. The molecule has 0 radical (unpaired) electrons. The van der Waals surface area contributed by atoms with Crippen molar-refractivity contribution in [3.05, 3.63) is 0 Å². The van der Waals surface area contributed by atoms with Gasteiger partial charge in [0.05, 0.1) is 6.54 Å². The fourth-order valence-corrected chi connectivity index (χ4v) is 2.74. The maximum atomic E-state index is 11.6. The lowest BCUT2D eigenvalue weighted by Gasteiger charge is -2.19. The van der Waals surface area contributed by atoms with Crippen molar-refractivity contribution in [1.82, 2.24) is 15.5 Å². The zero-order valence-electron chi connectivity index (χ0n) is 11.9. The second-order valence-electron chi connectivity index (χ2n) is 6.29. The molecule has 2 rings (SSSR count). The lowest BCUT2D eigenvalue weighted by Crippen LogP contribution is -2.41. The normalized spacial score (nSPS) is 28.9. The van der Waals surface area contributed by atoms with Gasteiger partial charge < -0.3 is 10.6 Å². The molecule has 0 aromatic rings. The molecule has 0 aromatic carbocycles. The predicted octanol–water partition coefficient (Wildman–Crippen LogP) is 0.973. The third-order valence-corrected chi connectivity index (χ3v) is 3.90. The van der Waals surface area contributed by atoms with Gasteiger partial charge in [0.15, 0.2) is 0 Å². The first-order valence-corrected chi connectivity index (χ1v) is 7.32. The van der Waals surface area contributed by atoms with Gasteiger partial charge in [0.25, 0.3) is 0 Å². The first-order valence-electron chi connectivity index (χ1n) is 7.32. The van der Waals surface area contributed by atoms with Gasteiger partial charge in [-0.3, -0.25) is 9.69 Å². The summed E-state index contributed by atoms with van der Waals surface area (Å²) in [4.78, 5) is 14.2. The van der Waals surface area contributed by atoms with Gasteiger partial charge in [0.1, 0.15) is 0 Å². The number of amides is 1. The number of nitrogens with one attached hydrogen (secondary N) is 2. The average Bonchev–Trinajstić information content (AvgIpc) is 3.08. The summed E-state index contributed by atoms with van der Waals surface area (Å²) < 4.78 is 0. The van der Waals surface area contributed by atoms with E-state index in [-0.39, 0.29) is 5.91 Å². The van der Waals surface area contributed by atoms with E-state index in [9.17, 15) is 4.79 Å². The summed E-state index contributed by atoms with van der Waals surface area (Å²) in [5, 5.41) is 6.34. The van der Waals surface area contributed by atoms with Crippen LogP contribution in [0.25, 0.3) is 0 Å². The fourth-order valence-electron chi connectivity index (χ4n) is 2.74. The molecule has 2 fully saturated rings. The predicted molar refractivity (Wildman–Crippen MR) is 73.4 cm³/mol. The van der Waals surface area contributed by atoms with Crippen molar-refractivity contribution in [3.63, 3.8) is 0 Å². The summed E-state index contributed by atoms with van der Waals surface area (Å²) in [5.41, 5.74) is 0. The smallest absolute Gasteiger partial charge is 0.233 e. The molecule has 1 amide bonds. The van der Waals surface area contributed by atoms with Crippen LogP contribution in [-0.2, 0) is 4.79 Å². The first kappa shape index (κ1) is 13.8. The van der Waals surface area contributed by atoms with E-state index in [1.54, 1.807) is 0 Å². The van der Waals surface area contributed by atoms with Crippen molar-refractivity contribution < 1.29 is 4.79 Å². The van der Waals surface area contributed by atoms with Crippen LogP contribution < -0.4 is 10.6 Å². The van der Waals surface area contributed by atoms with Crippen molar-refractivity contribution in [1.29, 1.82) is 0 Å². The minimum Gasteiger partial charge on any atom is -0.355 e. The first-order chi connectivity index (χ1) is 8.56. The molecule has 2 unspecified atom stereocenters. The van der Waals surface area contributed by atoms with Crippen molar-refractivity contribution in [2.75, 3.05) is 19.6 Å². The molecule has 18 heavy (non-hydrogen) atoms. The summed E-state index contributed by atoms with van der Waals surface area (Å²) in [5.74, 6) is 0.645. The molecule has 1 heterocycles. The largest absolute Gasteiger partial charge is 0.355 e. The standard InChI is InChI=1S/C14H27N3O/c1-10(2)7-16-14(18)8-15-12-6-11(3)17(9-12)13-4-5-13/h10-13,15H,4-9H2,1-3H3,(H,16,18). The number of hydrogen-bond donors (Lipinski definition) is 2. The van der Waals surface area contributed by atoms with Crippen molar-refractivity contribution in [3.8, 4) is 0 Å². The molecule has 1 aliphatic heterocycles. The number of carbonyl (C=O) groups excluding carboxylic acids is 1. The zero-order valence-corrected chi connectivity index (χ0v) is 11.9. The average molecular weight is 253 g/mol. The number of nitrogens with zero attached hydrogens (tertiary/aromatic N) is 1. The molecule has 4 nitrogen and oxygen atoms in total. The van der Waals surface area contributed by atoms with E-state index < -0.39 is 0 Å². The molecule has 4 heteroatoms. The summed E-state index contributed by atoms with van der Waals surface area (Å²) in [6.07, 6.45) is 3.91. The Labute approximate surface area is 110 Å². The van der Waals surface area contributed by atoms with E-state index in [0.717, 1.165) is 19.1 Å². The Morgan fingerprint density at radius 2 is 2.11 bits per heavy atom. The summed E-state index contributed by atoms with van der Waals surface area (Å²) in [7, 11) is 0. The van der Waals surface area contributed by atoms with Crippen molar-refractivity contribution in [2.24, 2.45) is 5.92 Å². The van der Waals surface area contributed by atoms with Crippen LogP contribution in [0.15, 0.2) is 0 Å². The van der Waals surface area contributed by atoms with Gasteiger partial charge in [-0.15, -0.1) is 0 Å². The highest BCUT2D eigenvalue weighted by atomic mass is 16.1. The van der Waals surface area contributed by atoms with Gasteiger partial charge in [-0.25, -0.2) is 0 Å². The van der Waals surface area contributed by atoms with Crippen LogP contribution in [0.3, 0.4) is 0 Å². The van der Waals surface area contributed by atoms with Gasteiger partial charge in [0, 0.05) is 31.2 Å². The maximum Gasteiger partial charge on any atom is 0.233 e. The minimum absolute atomic E-state index is 0.126. The van der Waals surface area contributed by atoms with Gasteiger partial charge in [0.2, 0.25) is 5.91 Å². The van der Waals surface area contributed by atoms with E-state index in [0.29, 0.717) is 24.5 Å². The minimum atomic E-state index is 0.126. The summed E-state index contributed by atoms with van der Waals surface area (Å²) in [6, 6.07) is 2.00. The number of likely N-dealkylation sites (tertiary alicyclic amines) is 1. The van der Waals surface area contributed by atoms with Crippen LogP contribution in [0.1, 0.15) is 40.0 Å². The molecule has 2 atom stereocenters. The van der Waals surface area contributed by atoms with Gasteiger partial charge in [-0.1, -0.05) is 13.8 Å². The van der Waals surface area contributed by atoms with E-state index in [2.05, 4.69) is 36.3 Å². The highest BCUT2D eigenvalue weighted by molar-refractivity contribution is 5.78. The van der Waals surface area contributed by atoms with Crippen LogP contribution >= 0.6 is 0 Å². The molecule has 0 bridgehead atoms. The topological polar surface area (TPSA) is 44.4 Å². The third kappa shape index (κ3) is 3.95. The molecule has 2 N–H and O–H groups in total. The molecule has 1 saturated heterocycles. The molecular weight excluding hydrogens is 226 g/mol. The molecule has 1 saturated carbocycles. The summed E-state index contributed by atoms with van der Waals surface area (Å²) >= 11 is 0. The van der Waals surface area contributed by atoms with Crippen molar-refractivity contribution >= 4 is 5.91 Å². The number of hydrogen-bond acceptors (Lipinski definition) is 3. The quantitative estimate of drug-likeness (QED) is 0.741. The van der Waals surface area contributed by atoms with E-state index in [4.69, 9.17) is 0 Å².